The molecule has 100 valence electrons. The van der Waals surface area contributed by atoms with Crippen molar-refractivity contribution in [2.24, 2.45) is 0 Å². The zero-order valence-electron chi connectivity index (χ0n) is 11.1. The van der Waals surface area contributed by atoms with Gasteiger partial charge >= 0.3 is 5.97 Å². The molecular weight excluding hydrogens is 240 g/mol. The fraction of sp³-hybridized carbons (Fsp3) is 0.438. The molecule has 0 unspecified atom stereocenters. The molecule has 1 heterocycles. The quantitative estimate of drug-likeness (QED) is 0.884. The lowest BCUT2D eigenvalue weighted by Gasteiger charge is -2.33. The second kappa shape index (κ2) is 4.41. The van der Waals surface area contributed by atoms with Gasteiger partial charge in [-0.05, 0) is 37.0 Å². The predicted molar refractivity (Wildman–Crippen MR) is 73.3 cm³/mol. The summed E-state index contributed by atoms with van der Waals surface area (Å²) in [6.45, 7) is 2.00. The summed E-state index contributed by atoms with van der Waals surface area (Å²) in [7, 11) is 0. The van der Waals surface area contributed by atoms with Gasteiger partial charge in [-0.25, -0.2) is 0 Å². The average Bonchev–Trinajstić information content (AvgIpc) is 2.80. The van der Waals surface area contributed by atoms with E-state index in [1.54, 1.807) is 6.26 Å². The van der Waals surface area contributed by atoms with Crippen molar-refractivity contribution < 1.29 is 14.3 Å². The van der Waals surface area contributed by atoms with E-state index in [1.807, 2.05) is 25.1 Å². The highest BCUT2D eigenvalue weighted by Crippen LogP contribution is 2.41. The summed E-state index contributed by atoms with van der Waals surface area (Å²) < 4.78 is 5.51. The van der Waals surface area contributed by atoms with Crippen molar-refractivity contribution in [3.8, 4) is 0 Å². The van der Waals surface area contributed by atoms with Gasteiger partial charge in [-0.1, -0.05) is 31.4 Å². The van der Waals surface area contributed by atoms with Gasteiger partial charge in [0.1, 0.15) is 5.58 Å². The molecule has 0 atom stereocenters. The van der Waals surface area contributed by atoms with Gasteiger partial charge in [0.05, 0.1) is 11.7 Å². The molecule has 1 fully saturated rings. The fourth-order valence-corrected chi connectivity index (χ4v) is 3.24. The van der Waals surface area contributed by atoms with Crippen LogP contribution in [0.4, 0.5) is 0 Å². The molecule has 3 heteroatoms. The Morgan fingerprint density at radius 2 is 2.00 bits per heavy atom. The molecule has 1 aromatic carbocycles. The molecule has 19 heavy (non-hydrogen) atoms. The van der Waals surface area contributed by atoms with Crippen LogP contribution in [0.25, 0.3) is 11.0 Å². The normalized spacial score (nSPS) is 18.6. The van der Waals surface area contributed by atoms with Gasteiger partial charge < -0.3 is 9.52 Å². The van der Waals surface area contributed by atoms with E-state index in [0.717, 1.165) is 54.2 Å². The summed E-state index contributed by atoms with van der Waals surface area (Å²) >= 11 is 0. The van der Waals surface area contributed by atoms with Gasteiger partial charge in [0.2, 0.25) is 0 Å². The van der Waals surface area contributed by atoms with Crippen LogP contribution in [0.3, 0.4) is 0 Å². The molecule has 0 radical (unpaired) electrons. The summed E-state index contributed by atoms with van der Waals surface area (Å²) in [5.74, 6) is -0.699. The van der Waals surface area contributed by atoms with E-state index < -0.39 is 11.4 Å². The molecule has 1 saturated carbocycles. The van der Waals surface area contributed by atoms with Crippen LogP contribution in [0.5, 0.6) is 0 Å². The molecule has 1 N–H and O–H groups in total. The van der Waals surface area contributed by atoms with Crippen molar-refractivity contribution in [1.82, 2.24) is 0 Å². The van der Waals surface area contributed by atoms with Crippen molar-refractivity contribution in [1.29, 1.82) is 0 Å². The summed E-state index contributed by atoms with van der Waals surface area (Å²) in [6.07, 6.45) is 6.30. The lowest BCUT2D eigenvalue weighted by molar-refractivity contribution is -0.145. The maximum atomic E-state index is 11.8. The Bertz CT molecular complexity index is 618. The molecule has 0 spiro atoms. The van der Waals surface area contributed by atoms with Crippen LogP contribution < -0.4 is 0 Å². The molecule has 1 aliphatic rings. The van der Waals surface area contributed by atoms with Crippen LogP contribution >= 0.6 is 0 Å². The summed E-state index contributed by atoms with van der Waals surface area (Å²) in [6, 6.07) is 5.87. The second-order valence-corrected chi connectivity index (χ2v) is 5.58. The topological polar surface area (TPSA) is 50.4 Å². The number of carbonyl (C=O) groups is 1. The summed E-state index contributed by atoms with van der Waals surface area (Å²) in [4.78, 5) is 11.8. The first-order valence-electron chi connectivity index (χ1n) is 6.85. The maximum absolute atomic E-state index is 11.8. The van der Waals surface area contributed by atoms with E-state index in [0.29, 0.717) is 0 Å². The molecule has 0 aliphatic heterocycles. The lowest BCUT2D eigenvalue weighted by Crippen LogP contribution is -2.37. The summed E-state index contributed by atoms with van der Waals surface area (Å²) in [5.41, 5.74) is 2.06. The number of benzene rings is 1. The van der Waals surface area contributed by atoms with Crippen LogP contribution in [-0.2, 0) is 10.2 Å². The number of carboxylic acids is 1. The number of hydrogen-bond acceptors (Lipinski definition) is 2. The van der Waals surface area contributed by atoms with Crippen LogP contribution in [0, 0.1) is 6.92 Å². The number of carboxylic acid groups (broad SMARTS) is 1. The van der Waals surface area contributed by atoms with E-state index in [1.165, 1.54) is 0 Å². The molecule has 1 aliphatic carbocycles. The fourth-order valence-electron chi connectivity index (χ4n) is 3.24. The minimum Gasteiger partial charge on any atom is -0.481 e. The highest BCUT2D eigenvalue weighted by Gasteiger charge is 2.41. The standard InChI is InChI=1S/C16H18O3/c1-11-10-19-14-9-12(5-6-13(11)14)16(15(17)18)7-3-2-4-8-16/h5-6,9-10H,2-4,7-8H2,1H3,(H,17,18). The van der Waals surface area contributed by atoms with E-state index in [9.17, 15) is 9.90 Å². The van der Waals surface area contributed by atoms with E-state index in [2.05, 4.69) is 0 Å². The van der Waals surface area contributed by atoms with Gasteiger partial charge in [0.15, 0.2) is 0 Å². The van der Waals surface area contributed by atoms with Crippen molar-refractivity contribution in [2.45, 2.75) is 44.4 Å². The first-order chi connectivity index (χ1) is 9.13. The lowest BCUT2D eigenvalue weighted by atomic mass is 9.69. The SMILES string of the molecule is Cc1coc2cc(C3(C(=O)O)CCCCC3)ccc12. The van der Waals surface area contributed by atoms with Crippen molar-refractivity contribution in [2.75, 3.05) is 0 Å². The Morgan fingerprint density at radius 3 is 2.68 bits per heavy atom. The third-order valence-corrected chi connectivity index (χ3v) is 4.44. The maximum Gasteiger partial charge on any atom is 0.314 e. The Balaban J connectivity index is 2.12. The average molecular weight is 258 g/mol. The van der Waals surface area contributed by atoms with E-state index >= 15 is 0 Å². The molecule has 0 bridgehead atoms. The Labute approximate surface area is 112 Å². The first kappa shape index (κ1) is 12.3. The minimum atomic E-state index is -0.715. The monoisotopic (exact) mass is 258 g/mol. The highest BCUT2D eigenvalue weighted by molar-refractivity contribution is 5.86. The van der Waals surface area contributed by atoms with Crippen LogP contribution in [0.15, 0.2) is 28.9 Å². The predicted octanol–water partition coefficient (Wildman–Crippen LogP) is 4.03. The molecule has 1 aromatic heterocycles. The highest BCUT2D eigenvalue weighted by atomic mass is 16.4. The second-order valence-electron chi connectivity index (χ2n) is 5.58. The molecule has 3 nitrogen and oxygen atoms in total. The van der Waals surface area contributed by atoms with E-state index in [4.69, 9.17) is 4.42 Å². The molecule has 0 saturated heterocycles. The van der Waals surface area contributed by atoms with Crippen molar-refractivity contribution in [3.05, 3.63) is 35.6 Å². The minimum absolute atomic E-state index is 0.699. The third-order valence-electron chi connectivity index (χ3n) is 4.44. The van der Waals surface area contributed by atoms with Gasteiger partial charge in [0, 0.05) is 5.39 Å². The van der Waals surface area contributed by atoms with Crippen LogP contribution in [0.1, 0.15) is 43.2 Å². The third kappa shape index (κ3) is 1.84. The Morgan fingerprint density at radius 1 is 1.26 bits per heavy atom. The summed E-state index contributed by atoms with van der Waals surface area (Å²) in [5, 5.41) is 10.8. The molecular formula is C16H18O3. The Hall–Kier alpha value is -1.77. The number of rotatable bonds is 2. The number of furan rings is 1. The van der Waals surface area contributed by atoms with Crippen molar-refractivity contribution in [3.63, 3.8) is 0 Å². The zero-order chi connectivity index (χ0) is 13.5. The largest absolute Gasteiger partial charge is 0.481 e. The molecule has 0 amide bonds. The van der Waals surface area contributed by atoms with Crippen LogP contribution in [-0.4, -0.2) is 11.1 Å². The number of hydrogen-bond donors (Lipinski definition) is 1. The van der Waals surface area contributed by atoms with Crippen LogP contribution in [0.2, 0.25) is 0 Å². The van der Waals surface area contributed by atoms with Gasteiger partial charge in [-0.2, -0.15) is 0 Å². The van der Waals surface area contributed by atoms with Gasteiger partial charge in [-0.15, -0.1) is 0 Å². The van der Waals surface area contributed by atoms with E-state index in [-0.39, 0.29) is 0 Å². The van der Waals surface area contributed by atoms with Gasteiger partial charge in [-0.3, -0.25) is 4.79 Å². The number of fused-ring (bicyclic) bond motifs is 1. The number of aliphatic carboxylic acids is 1. The molecule has 3 rings (SSSR count). The van der Waals surface area contributed by atoms with Crippen molar-refractivity contribution >= 4 is 16.9 Å². The first-order valence-corrected chi connectivity index (χ1v) is 6.85. The smallest absolute Gasteiger partial charge is 0.314 e. The Kier molecular flexibility index (Phi) is 2.85. The zero-order valence-corrected chi connectivity index (χ0v) is 11.1. The molecule has 2 aromatic rings. The number of aryl methyl sites for hydroxylation is 1. The van der Waals surface area contributed by atoms with Gasteiger partial charge in [0.25, 0.3) is 0 Å².